The van der Waals surface area contributed by atoms with Gasteiger partial charge in [-0.15, -0.1) is 0 Å². The molecule has 2 fully saturated rings. The molecular weight excluding hydrogens is 498 g/mol. The van der Waals surface area contributed by atoms with E-state index < -0.39 is 29.9 Å². The summed E-state index contributed by atoms with van der Waals surface area (Å²) < 4.78 is 40.3. The summed E-state index contributed by atoms with van der Waals surface area (Å²) in [6, 6.07) is 1.50. The topological polar surface area (TPSA) is 111 Å². The van der Waals surface area contributed by atoms with Crippen molar-refractivity contribution in [3.8, 4) is 0 Å². The van der Waals surface area contributed by atoms with Crippen LogP contribution in [0.5, 0.6) is 0 Å². The normalized spacial score (nSPS) is 17.6. The van der Waals surface area contributed by atoms with Gasteiger partial charge in [0.05, 0.1) is 32.5 Å². The number of guanidine groups is 1. The number of nitrogens with one attached hydrogen (secondary N) is 2. The van der Waals surface area contributed by atoms with Gasteiger partial charge in [0.15, 0.2) is 22.6 Å². The number of nitrogens with zero attached hydrogens (tertiary/aromatic N) is 4. The first-order valence-electron chi connectivity index (χ1n) is 10.9. The first-order valence-corrected chi connectivity index (χ1v) is 11.3. The van der Waals surface area contributed by atoms with E-state index in [-0.39, 0.29) is 57.5 Å². The minimum absolute atomic E-state index is 0. The Labute approximate surface area is 214 Å². The molecule has 2 heterocycles. The summed E-state index contributed by atoms with van der Waals surface area (Å²) in [5.74, 6) is -1.84. The van der Waals surface area contributed by atoms with Crippen molar-refractivity contribution in [2.45, 2.75) is 26.4 Å². The second-order valence-corrected chi connectivity index (χ2v) is 8.54. The Morgan fingerprint density at radius 2 is 1.94 bits per heavy atom. The van der Waals surface area contributed by atoms with Crippen molar-refractivity contribution in [1.82, 2.24) is 15.3 Å². The molecule has 0 unspecified atom stereocenters. The van der Waals surface area contributed by atoms with Gasteiger partial charge >= 0.3 is 12.1 Å². The molecule has 1 aromatic rings. The molecule has 0 spiro atoms. The van der Waals surface area contributed by atoms with Gasteiger partial charge in [0.25, 0.3) is 0 Å². The van der Waals surface area contributed by atoms with E-state index in [2.05, 4.69) is 5.32 Å². The van der Waals surface area contributed by atoms with E-state index in [0.717, 1.165) is 17.2 Å². The van der Waals surface area contributed by atoms with Crippen LogP contribution in [0.15, 0.2) is 12.1 Å². The Bertz CT molecular complexity index is 975. The van der Waals surface area contributed by atoms with Gasteiger partial charge in [-0.3, -0.25) is 20.5 Å². The summed E-state index contributed by atoms with van der Waals surface area (Å²) in [5, 5.41) is 11.5. The van der Waals surface area contributed by atoms with Gasteiger partial charge in [-0.2, -0.15) is 0 Å². The zero-order chi connectivity index (χ0) is 25.7. The molecule has 3 amide bonds. The molecule has 2 aliphatic heterocycles. The summed E-state index contributed by atoms with van der Waals surface area (Å²) in [7, 11) is 4.66. The average Bonchev–Trinajstić information content (AvgIpc) is 3.01. The number of hydrogen-bond acceptors (Lipinski definition) is 8. The lowest BCUT2D eigenvalue weighted by atomic mass is 10.2. The monoisotopic (exact) mass is 530 g/mol. The number of amides is 3. The van der Waals surface area contributed by atoms with E-state index in [1.165, 1.54) is 21.8 Å². The van der Waals surface area contributed by atoms with Gasteiger partial charge in [0, 0.05) is 45.7 Å². The second-order valence-electron chi connectivity index (χ2n) is 8.08. The largest absolute Gasteiger partial charge is 0.490 e. The van der Waals surface area contributed by atoms with Crippen LogP contribution in [0.4, 0.5) is 29.7 Å². The van der Waals surface area contributed by atoms with Crippen LogP contribution in [-0.4, -0.2) is 93.2 Å². The molecule has 3 rings (SSSR count). The number of hydroxylamine groups is 2. The molecule has 1 atom stereocenters. The van der Waals surface area contributed by atoms with Crippen molar-refractivity contribution in [2.24, 2.45) is 0 Å². The van der Waals surface area contributed by atoms with E-state index in [4.69, 9.17) is 31.9 Å². The molecule has 0 aliphatic carbocycles. The number of hydrogen-bond donors (Lipinski definition) is 2. The molecule has 1 aromatic carbocycles. The number of ether oxygens (including phenoxy) is 2. The molecule has 2 saturated heterocycles. The third kappa shape index (κ3) is 6.91. The second kappa shape index (κ2) is 12.6. The standard InChI is InChI=1S/C21H28F2N6O5S.CH4/c1-26(2)19(24)25-20(30)29-7-6-27(8-9-33-29)18-15(22)10-13(11-16(18)23)28-12-14(34-21(28)31)4-5-17(35)32-3;/h10-11,14H,4-9,12H2,1-3H3,(H2,24,25,30);1H4/t14-;/m0./s1. The zero-order valence-electron chi connectivity index (χ0n) is 19.7. The third-order valence-corrected chi connectivity index (χ3v) is 5.85. The van der Waals surface area contributed by atoms with Crippen molar-refractivity contribution < 1.29 is 32.7 Å². The summed E-state index contributed by atoms with van der Waals surface area (Å²) in [6.07, 6.45) is -0.320. The summed E-state index contributed by atoms with van der Waals surface area (Å²) in [4.78, 5) is 34.0. The lowest BCUT2D eigenvalue weighted by Gasteiger charge is -2.24. The van der Waals surface area contributed by atoms with Crippen molar-refractivity contribution in [3.63, 3.8) is 0 Å². The van der Waals surface area contributed by atoms with Crippen molar-refractivity contribution in [1.29, 1.82) is 5.41 Å². The number of anilines is 2. The first kappa shape index (κ1) is 29.0. The van der Waals surface area contributed by atoms with Crippen molar-refractivity contribution in [3.05, 3.63) is 23.8 Å². The molecule has 2 N–H and O–H groups in total. The fraction of sp³-hybridized carbons (Fsp3) is 0.545. The highest BCUT2D eigenvalue weighted by molar-refractivity contribution is 7.80. The number of carbonyl (C=O) groups is 2. The smallest absolute Gasteiger partial charge is 0.414 e. The maximum atomic E-state index is 15.1. The van der Waals surface area contributed by atoms with Crippen LogP contribution in [-0.2, 0) is 14.3 Å². The van der Waals surface area contributed by atoms with E-state index in [1.807, 2.05) is 0 Å². The number of urea groups is 1. The Morgan fingerprint density at radius 3 is 2.56 bits per heavy atom. The highest BCUT2D eigenvalue weighted by Crippen LogP contribution is 2.32. The maximum absolute atomic E-state index is 15.1. The van der Waals surface area contributed by atoms with Crippen LogP contribution in [0.1, 0.15) is 20.3 Å². The predicted molar refractivity (Wildman–Crippen MR) is 134 cm³/mol. The number of halogens is 2. The molecule has 14 heteroatoms. The minimum atomic E-state index is -0.857. The third-order valence-electron chi connectivity index (χ3n) is 5.48. The van der Waals surface area contributed by atoms with Crippen LogP contribution in [0, 0.1) is 17.0 Å². The first-order chi connectivity index (χ1) is 16.6. The van der Waals surface area contributed by atoms with Gasteiger partial charge < -0.3 is 19.3 Å². The summed E-state index contributed by atoms with van der Waals surface area (Å²) >= 11 is 4.99. The lowest BCUT2D eigenvalue weighted by molar-refractivity contribution is -0.103. The van der Waals surface area contributed by atoms with Crippen LogP contribution >= 0.6 is 12.2 Å². The number of benzene rings is 1. The SMILES string of the molecule is C.COC(=S)CC[C@H]1CN(c2cc(F)c(N3CCON(C(=O)NC(=N)N(C)C)CC3)c(F)c2)C(=O)O1. The summed E-state index contributed by atoms with van der Waals surface area (Å²) in [5.41, 5.74) is -0.241. The van der Waals surface area contributed by atoms with Gasteiger partial charge in [-0.25, -0.2) is 23.4 Å². The average molecular weight is 531 g/mol. The molecule has 36 heavy (non-hydrogen) atoms. The van der Waals surface area contributed by atoms with E-state index in [0.29, 0.717) is 17.9 Å². The molecular formula is C22H32F2N6O5S. The Kier molecular flexibility index (Phi) is 10.2. The van der Waals surface area contributed by atoms with Crippen LogP contribution in [0.25, 0.3) is 0 Å². The number of rotatable bonds is 5. The molecule has 0 saturated carbocycles. The van der Waals surface area contributed by atoms with Crippen LogP contribution in [0.3, 0.4) is 0 Å². The molecule has 11 nitrogen and oxygen atoms in total. The number of thiocarbonyl (C=S) groups is 1. The predicted octanol–water partition coefficient (Wildman–Crippen LogP) is 2.94. The van der Waals surface area contributed by atoms with Gasteiger partial charge in [-0.05, 0) is 18.6 Å². The number of methoxy groups -OCH3 is 1. The fourth-order valence-electron chi connectivity index (χ4n) is 3.58. The molecule has 0 radical (unpaired) electrons. The van der Waals surface area contributed by atoms with Gasteiger partial charge in [0.1, 0.15) is 11.8 Å². The quantitative estimate of drug-likeness (QED) is 0.340. The molecule has 0 bridgehead atoms. The number of carbonyl (C=O) groups excluding carboxylic acids is 2. The Hall–Kier alpha value is -3.26. The summed E-state index contributed by atoms with van der Waals surface area (Å²) in [6.45, 7) is 0.342. The fourth-order valence-corrected chi connectivity index (χ4v) is 3.70. The van der Waals surface area contributed by atoms with Gasteiger partial charge in [0.2, 0.25) is 0 Å². The van der Waals surface area contributed by atoms with E-state index in [1.54, 1.807) is 14.1 Å². The highest BCUT2D eigenvalue weighted by Gasteiger charge is 2.34. The van der Waals surface area contributed by atoms with Crippen LogP contribution < -0.4 is 15.1 Å². The molecule has 0 aromatic heterocycles. The molecule has 200 valence electrons. The molecule has 2 aliphatic rings. The number of cyclic esters (lactones) is 1. The lowest BCUT2D eigenvalue weighted by Crippen LogP contribution is -2.47. The Balaban J connectivity index is 0.00000456. The Morgan fingerprint density at radius 1 is 1.28 bits per heavy atom. The van der Waals surface area contributed by atoms with Gasteiger partial charge in [-0.1, -0.05) is 7.43 Å². The van der Waals surface area contributed by atoms with Crippen molar-refractivity contribution in [2.75, 3.05) is 63.8 Å². The maximum Gasteiger partial charge on any atom is 0.414 e. The van der Waals surface area contributed by atoms with E-state index in [9.17, 15) is 9.59 Å². The van der Waals surface area contributed by atoms with E-state index >= 15 is 8.78 Å². The highest BCUT2D eigenvalue weighted by atomic mass is 32.1. The van der Waals surface area contributed by atoms with Crippen molar-refractivity contribution >= 4 is 46.7 Å². The van der Waals surface area contributed by atoms with Crippen LogP contribution in [0.2, 0.25) is 0 Å². The zero-order valence-corrected chi connectivity index (χ0v) is 20.5. The minimum Gasteiger partial charge on any atom is -0.490 e.